The molecule has 154 valence electrons. The van der Waals surface area contributed by atoms with E-state index < -0.39 is 5.97 Å². The summed E-state index contributed by atoms with van der Waals surface area (Å²) in [5.74, 6) is -1.33. The van der Waals surface area contributed by atoms with Gasteiger partial charge in [0.05, 0.1) is 5.92 Å². The number of carboxylic acid groups (broad SMARTS) is 1. The molecule has 2 N–H and O–H groups in total. The van der Waals surface area contributed by atoms with E-state index >= 15 is 4.39 Å². The first-order valence-electron chi connectivity index (χ1n) is 10.1. The molecule has 1 aliphatic heterocycles. The average Bonchev–Trinajstić information content (AvgIpc) is 2.71. The fourth-order valence-electron chi connectivity index (χ4n) is 3.96. The zero-order chi connectivity index (χ0) is 21.1. The molecule has 3 aromatic carbocycles. The van der Waals surface area contributed by atoms with Gasteiger partial charge in [0.1, 0.15) is 5.82 Å². The Balaban J connectivity index is 1.55. The van der Waals surface area contributed by atoms with Crippen LogP contribution in [0.2, 0.25) is 0 Å². The van der Waals surface area contributed by atoms with Crippen molar-refractivity contribution >= 4 is 11.7 Å². The van der Waals surface area contributed by atoms with Crippen LogP contribution in [-0.4, -0.2) is 36.1 Å². The largest absolute Gasteiger partial charge is 0.481 e. The van der Waals surface area contributed by atoms with Crippen molar-refractivity contribution in [2.24, 2.45) is 5.92 Å². The molecule has 0 aliphatic carbocycles. The molecule has 5 heteroatoms. The molecule has 0 atom stereocenters. The van der Waals surface area contributed by atoms with Gasteiger partial charge in [-0.25, -0.2) is 4.39 Å². The molecule has 0 bridgehead atoms. The summed E-state index contributed by atoms with van der Waals surface area (Å²) in [6.45, 7) is 1.60. The Morgan fingerprint density at radius 1 is 1.00 bits per heavy atom. The number of nitrogens with zero attached hydrogens (tertiary/aromatic N) is 1. The van der Waals surface area contributed by atoms with Crippen LogP contribution in [0.3, 0.4) is 0 Å². The number of carbonyl (C=O) groups is 1. The lowest BCUT2D eigenvalue weighted by atomic mass is 9.95. The van der Waals surface area contributed by atoms with Crippen molar-refractivity contribution in [3.8, 4) is 11.1 Å². The number of anilines is 1. The van der Waals surface area contributed by atoms with Crippen molar-refractivity contribution in [1.29, 1.82) is 0 Å². The molecule has 0 spiro atoms. The first-order valence-corrected chi connectivity index (χ1v) is 10.1. The van der Waals surface area contributed by atoms with Gasteiger partial charge in [-0.15, -0.1) is 0 Å². The van der Waals surface area contributed by atoms with Gasteiger partial charge in [-0.05, 0) is 41.3 Å². The zero-order valence-corrected chi connectivity index (χ0v) is 16.9. The lowest BCUT2D eigenvalue weighted by Gasteiger charge is -2.36. The quantitative estimate of drug-likeness (QED) is 0.602. The Kier molecular flexibility index (Phi) is 5.81. The number of aliphatic carboxylic acids is 1. The Bertz CT molecular complexity index is 1050. The van der Waals surface area contributed by atoms with E-state index in [9.17, 15) is 4.79 Å². The smallest absolute Gasteiger partial charge is 0.309 e. The third-order valence-electron chi connectivity index (χ3n) is 5.64. The summed E-state index contributed by atoms with van der Waals surface area (Å²) in [5, 5.41) is 12.2. The van der Waals surface area contributed by atoms with Gasteiger partial charge in [-0.1, -0.05) is 48.5 Å². The minimum atomic E-state index is -0.761. The summed E-state index contributed by atoms with van der Waals surface area (Å²) in [7, 11) is 1.84. The van der Waals surface area contributed by atoms with Crippen molar-refractivity contribution in [2.75, 3.05) is 25.5 Å². The van der Waals surface area contributed by atoms with Crippen LogP contribution in [0.15, 0.2) is 66.7 Å². The van der Waals surface area contributed by atoms with E-state index in [0.717, 1.165) is 28.8 Å². The van der Waals surface area contributed by atoms with Crippen molar-refractivity contribution in [3.63, 3.8) is 0 Å². The molecule has 4 rings (SSSR count). The lowest BCUT2D eigenvalue weighted by Crippen LogP contribution is -2.49. The van der Waals surface area contributed by atoms with Crippen LogP contribution in [0.1, 0.15) is 16.7 Å². The highest BCUT2D eigenvalue weighted by atomic mass is 19.1. The van der Waals surface area contributed by atoms with Crippen LogP contribution in [0.5, 0.6) is 0 Å². The summed E-state index contributed by atoms with van der Waals surface area (Å²) < 4.78 is 15.0. The number of likely N-dealkylation sites (tertiary alicyclic amines) is 1. The monoisotopic (exact) mass is 404 g/mol. The highest BCUT2D eigenvalue weighted by Crippen LogP contribution is 2.32. The summed E-state index contributed by atoms with van der Waals surface area (Å²) in [6, 6.07) is 21.6. The van der Waals surface area contributed by atoms with E-state index in [-0.39, 0.29) is 11.7 Å². The molecule has 30 heavy (non-hydrogen) atoms. The predicted molar refractivity (Wildman–Crippen MR) is 117 cm³/mol. The molecule has 0 radical (unpaired) electrons. The zero-order valence-electron chi connectivity index (χ0n) is 16.9. The standard InChI is InChI=1S/C25H25FN2O2/c1-27-24-10-8-18(11-17-5-3-2-4-6-17)12-22(24)21-9-7-19(13-23(21)26)14-28-15-20(16-28)25(29)30/h2-10,12-13,20,27H,11,14-16H2,1H3,(H,29,30). The molecule has 1 fully saturated rings. The lowest BCUT2D eigenvalue weighted by molar-refractivity contribution is -0.147. The van der Waals surface area contributed by atoms with E-state index in [2.05, 4.69) is 23.5 Å². The Hall–Kier alpha value is -3.18. The van der Waals surface area contributed by atoms with E-state index in [1.54, 1.807) is 6.07 Å². The van der Waals surface area contributed by atoms with Gasteiger partial charge in [0.2, 0.25) is 0 Å². The minimum absolute atomic E-state index is 0.267. The Morgan fingerprint density at radius 2 is 1.73 bits per heavy atom. The second-order valence-corrected chi connectivity index (χ2v) is 7.84. The number of carboxylic acids is 1. The Labute approximate surface area is 176 Å². The van der Waals surface area contributed by atoms with Gasteiger partial charge in [-0.3, -0.25) is 9.69 Å². The molecule has 0 saturated carbocycles. The first-order chi connectivity index (χ1) is 14.5. The number of halogens is 1. The summed E-state index contributed by atoms with van der Waals surface area (Å²) in [4.78, 5) is 13.0. The van der Waals surface area contributed by atoms with E-state index in [4.69, 9.17) is 5.11 Å². The molecule has 0 unspecified atom stereocenters. The minimum Gasteiger partial charge on any atom is -0.481 e. The summed E-state index contributed by atoms with van der Waals surface area (Å²) in [5.41, 5.74) is 5.47. The van der Waals surface area contributed by atoms with E-state index in [1.807, 2.05) is 54.4 Å². The van der Waals surface area contributed by atoms with Gasteiger partial charge < -0.3 is 10.4 Å². The molecule has 1 heterocycles. The Morgan fingerprint density at radius 3 is 2.40 bits per heavy atom. The fraction of sp³-hybridized carbons (Fsp3) is 0.240. The van der Waals surface area contributed by atoms with Crippen molar-refractivity contribution < 1.29 is 14.3 Å². The van der Waals surface area contributed by atoms with Crippen molar-refractivity contribution in [2.45, 2.75) is 13.0 Å². The number of nitrogens with one attached hydrogen (secondary N) is 1. The number of hydrogen-bond acceptors (Lipinski definition) is 3. The molecule has 1 aliphatic rings. The molecule has 1 saturated heterocycles. The van der Waals surface area contributed by atoms with Crippen LogP contribution < -0.4 is 5.32 Å². The van der Waals surface area contributed by atoms with Crippen LogP contribution in [0, 0.1) is 11.7 Å². The normalized spacial score (nSPS) is 14.3. The van der Waals surface area contributed by atoms with Crippen LogP contribution in [-0.2, 0) is 17.8 Å². The van der Waals surface area contributed by atoms with Gasteiger partial charge >= 0.3 is 5.97 Å². The van der Waals surface area contributed by atoms with E-state index in [0.29, 0.717) is 25.2 Å². The molecular formula is C25H25FN2O2. The van der Waals surface area contributed by atoms with Gasteiger partial charge in [-0.2, -0.15) is 0 Å². The van der Waals surface area contributed by atoms with Crippen molar-refractivity contribution in [3.05, 3.63) is 89.2 Å². The maximum Gasteiger partial charge on any atom is 0.309 e. The van der Waals surface area contributed by atoms with Crippen LogP contribution >= 0.6 is 0 Å². The molecule has 0 amide bonds. The topological polar surface area (TPSA) is 52.6 Å². The number of benzene rings is 3. The molecular weight excluding hydrogens is 379 g/mol. The second-order valence-electron chi connectivity index (χ2n) is 7.84. The third-order valence-corrected chi connectivity index (χ3v) is 5.64. The molecule has 3 aromatic rings. The van der Waals surface area contributed by atoms with Gasteiger partial charge in [0.25, 0.3) is 0 Å². The molecule has 0 aromatic heterocycles. The number of hydrogen-bond donors (Lipinski definition) is 2. The maximum absolute atomic E-state index is 15.0. The second kappa shape index (κ2) is 8.67. The van der Waals surface area contributed by atoms with Crippen molar-refractivity contribution in [1.82, 2.24) is 4.90 Å². The van der Waals surface area contributed by atoms with Crippen LogP contribution in [0.4, 0.5) is 10.1 Å². The highest BCUT2D eigenvalue weighted by molar-refractivity contribution is 5.79. The summed E-state index contributed by atoms with van der Waals surface area (Å²) in [6.07, 6.45) is 0.789. The SMILES string of the molecule is CNc1ccc(Cc2ccccc2)cc1-c1ccc(CN2CC(C(=O)O)C2)cc1F. The fourth-order valence-corrected chi connectivity index (χ4v) is 3.96. The molecule has 4 nitrogen and oxygen atoms in total. The summed E-state index contributed by atoms with van der Waals surface area (Å²) >= 11 is 0. The highest BCUT2D eigenvalue weighted by Gasteiger charge is 2.32. The van der Waals surface area contributed by atoms with E-state index in [1.165, 1.54) is 5.56 Å². The van der Waals surface area contributed by atoms with Gasteiger partial charge in [0, 0.05) is 43.5 Å². The predicted octanol–water partition coefficient (Wildman–Crippen LogP) is 4.64. The van der Waals surface area contributed by atoms with Crippen LogP contribution in [0.25, 0.3) is 11.1 Å². The van der Waals surface area contributed by atoms with Gasteiger partial charge in [0.15, 0.2) is 0 Å². The number of rotatable bonds is 7. The maximum atomic E-state index is 15.0. The first kappa shape index (κ1) is 20.1. The average molecular weight is 404 g/mol. The third kappa shape index (κ3) is 4.36.